The van der Waals surface area contributed by atoms with Crippen molar-refractivity contribution in [3.05, 3.63) is 122 Å². The highest BCUT2D eigenvalue weighted by Gasteiger charge is 2.37. The number of anilines is 1. The Morgan fingerprint density at radius 1 is 1.05 bits per heavy atom. The van der Waals surface area contributed by atoms with Crippen LogP contribution in [-0.2, 0) is 11.3 Å². The van der Waals surface area contributed by atoms with Gasteiger partial charge in [0.25, 0.3) is 5.91 Å². The van der Waals surface area contributed by atoms with E-state index in [0.29, 0.717) is 40.7 Å². The number of aromatic nitrogens is 5. The molecule has 1 amide bonds. The number of fused-ring (bicyclic) bond motifs is 2. The number of benzene rings is 3. The van der Waals surface area contributed by atoms with E-state index in [1.54, 1.807) is 45.2 Å². The minimum atomic E-state index is -1.71. The average molecular weight is 752 g/mol. The number of aromatic amines is 1. The van der Waals surface area contributed by atoms with E-state index in [1.165, 1.54) is 38.2 Å². The number of ether oxygens (including phenoxy) is 1. The van der Waals surface area contributed by atoms with Crippen LogP contribution >= 0.6 is 0 Å². The van der Waals surface area contributed by atoms with Gasteiger partial charge in [0, 0.05) is 42.5 Å². The van der Waals surface area contributed by atoms with Gasteiger partial charge in [0.05, 0.1) is 41.3 Å². The summed E-state index contributed by atoms with van der Waals surface area (Å²) in [4.78, 5) is 33.0. The van der Waals surface area contributed by atoms with Crippen LogP contribution in [0.5, 0.6) is 0 Å². The molecule has 0 saturated carbocycles. The molecule has 1 fully saturated rings. The Kier molecular flexibility index (Phi) is 8.83. The number of rotatable bonds is 7. The Morgan fingerprint density at radius 3 is 2.51 bits per heavy atom. The number of amides is 1. The average Bonchev–Trinajstić information content (AvgIpc) is 3.87. The lowest BCUT2D eigenvalue weighted by Crippen LogP contribution is -2.38. The van der Waals surface area contributed by atoms with Crippen LogP contribution in [0.4, 0.5) is 18.9 Å². The molecule has 2 atom stereocenters. The van der Waals surface area contributed by atoms with E-state index < -0.39 is 29.4 Å². The molecule has 0 radical (unpaired) electrons. The third-order valence-corrected chi connectivity index (χ3v) is 10.9. The Balaban J connectivity index is 1.20. The van der Waals surface area contributed by atoms with Crippen LogP contribution in [0.25, 0.3) is 28.1 Å². The number of nitrogens with zero attached hydrogens (tertiary/aromatic N) is 5. The van der Waals surface area contributed by atoms with E-state index in [-0.39, 0.29) is 47.0 Å². The molecule has 2 aliphatic heterocycles. The molecule has 3 aromatic heterocycles. The maximum absolute atomic E-state index is 16.3. The molecule has 8 rings (SSSR count). The number of hydrogen-bond acceptors (Lipinski definition) is 5. The first kappa shape index (κ1) is 36.1. The summed E-state index contributed by atoms with van der Waals surface area (Å²) in [5.41, 5.74) is 3.16. The Hall–Kier alpha value is -5.89. The molecule has 11 nitrogen and oxygen atoms in total. The molecule has 5 heterocycles. The highest BCUT2D eigenvalue weighted by Crippen LogP contribution is 2.38. The van der Waals surface area contributed by atoms with Gasteiger partial charge in [-0.25, -0.2) is 22.6 Å². The van der Waals surface area contributed by atoms with Crippen molar-refractivity contribution in [2.45, 2.75) is 64.8 Å². The monoisotopic (exact) mass is 751 g/mol. The molecule has 6 aromatic rings. The number of carbonyl (C=O) groups excluding carboxylic acids is 1. The summed E-state index contributed by atoms with van der Waals surface area (Å²) in [6.45, 7) is 7.71. The summed E-state index contributed by atoms with van der Waals surface area (Å²) < 4.78 is 56.6. The summed E-state index contributed by atoms with van der Waals surface area (Å²) in [6.07, 6.45) is 4.01. The number of carbonyl (C=O) groups is 1. The van der Waals surface area contributed by atoms with Gasteiger partial charge in [-0.05, 0) is 106 Å². The second-order valence-corrected chi connectivity index (χ2v) is 15.1. The highest BCUT2D eigenvalue weighted by atomic mass is 19.1. The number of aryl methyl sites for hydroxylation is 2. The molecule has 0 aliphatic carbocycles. The van der Waals surface area contributed by atoms with Gasteiger partial charge in [0.1, 0.15) is 23.0 Å². The minimum Gasteiger partial charge on any atom is -0.387 e. The Morgan fingerprint density at radius 2 is 1.80 bits per heavy atom. The van der Waals surface area contributed by atoms with Gasteiger partial charge in [-0.15, -0.1) is 0 Å². The van der Waals surface area contributed by atoms with Crippen molar-refractivity contribution in [2.24, 2.45) is 0 Å². The Bertz CT molecular complexity index is 2560. The molecule has 0 spiro atoms. The summed E-state index contributed by atoms with van der Waals surface area (Å²) in [6, 6.07) is 14.1. The lowest BCUT2D eigenvalue weighted by molar-refractivity contribution is -0.104. The van der Waals surface area contributed by atoms with E-state index in [4.69, 9.17) is 10.1 Å². The van der Waals surface area contributed by atoms with Gasteiger partial charge < -0.3 is 19.9 Å². The van der Waals surface area contributed by atoms with E-state index in [2.05, 4.69) is 41.4 Å². The lowest BCUT2D eigenvalue weighted by Gasteiger charge is -2.35. The zero-order valence-electron chi connectivity index (χ0n) is 31.2. The molecule has 0 unspecified atom stereocenters. The zero-order valence-corrected chi connectivity index (χ0v) is 31.2. The van der Waals surface area contributed by atoms with Crippen molar-refractivity contribution in [3.63, 3.8) is 0 Å². The van der Waals surface area contributed by atoms with E-state index in [1.807, 2.05) is 6.07 Å². The second-order valence-electron chi connectivity index (χ2n) is 15.1. The quantitative estimate of drug-likeness (QED) is 0.179. The number of nitrogens with two attached hydrogens (primary N) is 1. The third kappa shape index (κ3) is 6.14. The van der Waals surface area contributed by atoms with Gasteiger partial charge in [-0.1, -0.05) is 6.07 Å². The fraction of sp³-hybridized carbons (Fsp3) is 0.317. The first-order chi connectivity index (χ1) is 26.3. The standard InChI is InChI=1S/C41H41F3N8O3/c1-22-14-27(15-23(2)35(22)43)52-38(51-12-11-50(40(51)54)34-9-8-32(46-5)28(19-45)36(34)44)29-20-49(21-30(42)37(29)48-52)39(53)33-17-26-16-24(6-7-31(26)47-33)25-10-13-55-41(3,4)18-25/h6-9,11-12,14-17,19,25,30,45-47H,10,13,18,20-21H2,1-5H3/p+1/t25-,30-/m0/s1. The van der Waals surface area contributed by atoms with E-state index in [9.17, 15) is 14.0 Å². The largest absolute Gasteiger partial charge is 0.387 e. The van der Waals surface area contributed by atoms with Crippen molar-refractivity contribution in [1.29, 1.82) is 0 Å². The number of imidazole rings is 1. The van der Waals surface area contributed by atoms with Gasteiger partial charge in [-0.2, -0.15) is 5.10 Å². The van der Waals surface area contributed by atoms with Crippen LogP contribution < -0.4 is 16.4 Å². The number of nitrogens with one attached hydrogen (secondary N) is 2. The third-order valence-electron chi connectivity index (χ3n) is 10.9. The van der Waals surface area contributed by atoms with Crippen molar-refractivity contribution >= 4 is 28.7 Å². The smallest absolute Gasteiger partial charge is 0.338 e. The SMILES string of the molecule is CNc1ccc(-n2ccn(-c3c4c(nn3-c3cc(C)c(F)c(C)c3)[C@@H](F)CN(C(=O)c3cc5cc([C@H]6CCOC(C)(C)C6)ccc5[nH]3)C4)c2=O)c(F)c1C=[NH2+]. The molecule has 2 aliphatic rings. The molecule has 55 heavy (non-hydrogen) atoms. The van der Waals surface area contributed by atoms with Crippen LogP contribution in [-0.4, -0.2) is 66.7 Å². The van der Waals surface area contributed by atoms with Crippen LogP contribution in [0.1, 0.15) is 82.8 Å². The first-order valence-electron chi connectivity index (χ1n) is 18.2. The second kappa shape index (κ2) is 13.4. The molecule has 284 valence electrons. The maximum Gasteiger partial charge on any atom is 0.338 e. The molecule has 1 saturated heterocycles. The first-order valence-corrected chi connectivity index (χ1v) is 18.2. The molecule has 3 aromatic carbocycles. The number of alkyl halides is 1. The van der Waals surface area contributed by atoms with E-state index in [0.717, 1.165) is 34.5 Å². The maximum atomic E-state index is 16.3. The summed E-state index contributed by atoms with van der Waals surface area (Å²) in [5, 5.41) is 14.1. The van der Waals surface area contributed by atoms with Gasteiger partial charge >= 0.3 is 5.69 Å². The van der Waals surface area contributed by atoms with Gasteiger partial charge in [0.2, 0.25) is 0 Å². The number of halogens is 3. The summed E-state index contributed by atoms with van der Waals surface area (Å²) in [7, 11) is 1.63. The van der Waals surface area contributed by atoms with E-state index >= 15 is 8.78 Å². The molecule has 0 bridgehead atoms. The van der Waals surface area contributed by atoms with Crippen molar-refractivity contribution in [3.8, 4) is 17.2 Å². The predicted octanol–water partition coefficient (Wildman–Crippen LogP) is 5.75. The fourth-order valence-electron chi connectivity index (χ4n) is 8.10. The molecular weight excluding hydrogens is 709 g/mol. The van der Waals surface area contributed by atoms with Crippen LogP contribution in [0.15, 0.2) is 65.7 Å². The van der Waals surface area contributed by atoms with Crippen LogP contribution in [0, 0.1) is 25.5 Å². The van der Waals surface area contributed by atoms with Gasteiger partial charge in [0.15, 0.2) is 18.2 Å². The summed E-state index contributed by atoms with van der Waals surface area (Å²) in [5.74, 6) is -1.09. The van der Waals surface area contributed by atoms with Crippen molar-refractivity contribution in [1.82, 2.24) is 28.8 Å². The number of hydrogen-bond donors (Lipinski definition) is 3. The van der Waals surface area contributed by atoms with Crippen molar-refractivity contribution < 1.29 is 28.1 Å². The zero-order chi connectivity index (χ0) is 38.9. The molecule has 4 N–H and O–H groups in total. The van der Waals surface area contributed by atoms with Crippen molar-refractivity contribution in [2.75, 3.05) is 25.5 Å². The predicted molar refractivity (Wildman–Crippen MR) is 203 cm³/mol. The number of H-pyrrole nitrogens is 1. The normalized spacial score (nSPS) is 18.1. The highest BCUT2D eigenvalue weighted by molar-refractivity contribution is 5.98. The lowest BCUT2D eigenvalue weighted by atomic mass is 9.83. The molecular formula is C41H42F3N8O3+. The molecule has 14 heteroatoms. The van der Waals surface area contributed by atoms with Gasteiger partial charge in [-0.3, -0.25) is 19.3 Å². The minimum absolute atomic E-state index is 0.0450. The van der Waals surface area contributed by atoms with Crippen LogP contribution in [0.3, 0.4) is 0 Å². The van der Waals surface area contributed by atoms with Crippen LogP contribution in [0.2, 0.25) is 0 Å². The summed E-state index contributed by atoms with van der Waals surface area (Å²) >= 11 is 0. The Labute approximate surface area is 314 Å². The fourth-order valence-corrected chi connectivity index (χ4v) is 8.10. The topological polar surface area (TPSA) is 128 Å².